The molecule has 1 saturated heterocycles. The number of ether oxygens (including phenoxy) is 2. The zero-order valence-electron chi connectivity index (χ0n) is 13.7. The van der Waals surface area contributed by atoms with Gasteiger partial charge >= 0.3 is 12.1 Å². The van der Waals surface area contributed by atoms with E-state index in [0.717, 1.165) is 0 Å². The molecule has 3 rings (SSSR count). The van der Waals surface area contributed by atoms with Gasteiger partial charge in [0.15, 0.2) is 5.15 Å². The number of nitrogens with zero attached hydrogens (tertiary/aromatic N) is 5. The lowest BCUT2D eigenvalue weighted by molar-refractivity contribution is 0.0274. The summed E-state index contributed by atoms with van der Waals surface area (Å²) in [6.07, 6.45) is 3.03. The Morgan fingerprint density at radius 1 is 1.33 bits per heavy atom. The summed E-state index contributed by atoms with van der Waals surface area (Å²) in [5, 5.41) is 0.244. The van der Waals surface area contributed by atoms with Gasteiger partial charge in [-0.15, -0.1) is 0 Å². The maximum absolute atomic E-state index is 12.1. The van der Waals surface area contributed by atoms with Crippen molar-refractivity contribution < 1.29 is 14.3 Å². The van der Waals surface area contributed by atoms with Crippen LogP contribution < -0.4 is 4.74 Å². The average molecular weight is 352 g/mol. The molecule has 0 unspecified atom stereocenters. The largest absolute Gasteiger partial charge is 0.458 e. The molecule has 1 atom stereocenters. The van der Waals surface area contributed by atoms with Crippen molar-refractivity contribution in [3.05, 3.63) is 17.7 Å². The highest BCUT2D eigenvalue weighted by atomic mass is 35.5. The number of fused-ring (bicyclic) bond motifs is 1. The summed E-state index contributed by atoms with van der Waals surface area (Å²) in [7, 11) is 0. The molecule has 3 heterocycles. The second kappa shape index (κ2) is 6.35. The Morgan fingerprint density at radius 3 is 2.88 bits per heavy atom. The first-order chi connectivity index (χ1) is 11.3. The minimum Gasteiger partial charge on any atom is -0.458 e. The number of carbonyl (C=O) groups excluding carboxylic acids is 1. The fourth-order valence-electron chi connectivity index (χ4n) is 2.33. The summed E-state index contributed by atoms with van der Waals surface area (Å²) in [6.45, 7) is 6.50. The molecule has 0 spiro atoms. The Morgan fingerprint density at radius 2 is 2.12 bits per heavy atom. The third-order valence-corrected chi connectivity index (χ3v) is 3.66. The summed E-state index contributed by atoms with van der Waals surface area (Å²) in [5.41, 5.74) is 0.462. The number of amides is 1. The van der Waals surface area contributed by atoms with Gasteiger partial charge in [-0.3, -0.25) is 0 Å². The molecule has 0 N–H and O–H groups in total. The molecule has 9 heteroatoms. The summed E-state index contributed by atoms with van der Waals surface area (Å²) in [6, 6.07) is 0.190. The van der Waals surface area contributed by atoms with E-state index < -0.39 is 5.60 Å². The van der Waals surface area contributed by atoms with Gasteiger partial charge in [-0.05, 0) is 20.8 Å². The van der Waals surface area contributed by atoms with Gasteiger partial charge in [0.25, 0.3) is 0 Å². The highest BCUT2D eigenvalue weighted by Gasteiger charge is 2.31. The average Bonchev–Trinajstić information content (AvgIpc) is 2.95. The van der Waals surface area contributed by atoms with Gasteiger partial charge in [-0.2, -0.15) is 4.98 Å². The van der Waals surface area contributed by atoms with E-state index in [4.69, 9.17) is 21.1 Å². The first-order valence-corrected chi connectivity index (χ1v) is 7.97. The monoisotopic (exact) mass is 351 g/mol. The Balaban J connectivity index is 1.65. The fourth-order valence-corrected chi connectivity index (χ4v) is 2.51. The van der Waals surface area contributed by atoms with Crippen molar-refractivity contribution in [1.82, 2.24) is 24.8 Å². The first-order valence-electron chi connectivity index (χ1n) is 7.60. The molecule has 1 amide bonds. The summed E-state index contributed by atoms with van der Waals surface area (Å²) < 4.78 is 11.1. The normalized spacial score (nSPS) is 18.0. The highest BCUT2D eigenvalue weighted by Crippen LogP contribution is 2.21. The van der Waals surface area contributed by atoms with Crippen LogP contribution in [0, 0.1) is 0 Å². The SMILES string of the molecule is CC(C)(C)OC(=O)N1CC[C@H](Oc2ncc3ncnc(Cl)c3n2)C1. The predicted molar refractivity (Wildman–Crippen MR) is 87.0 cm³/mol. The number of hydrogen-bond donors (Lipinski definition) is 0. The van der Waals surface area contributed by atoms with E-state index in [1.807, 2.05) is 20.8 Å². The standard InChI is InChI=1S/C15H18ClN5O3/c1-15(2,3)24-14(22)21-5-4-9(7-21)23-13-17-6-10-11(20-13)12(16)19-8-18-10/h6,8-9H,4-5,7H2,1-3H3/t9-/m0/s1. The Bertz CT molecular complexity index is 764. The van der Waals surface area contributed by atoms with E-state index in [1.54, 1.807) is 4.90 Å². The molecule has 1 aliphatic rings. The number of carbonyl (C=O) groups is 1. The van der Waals surface area contributed by atoms with E-state index in [0.29, 0.717) is 30.5 Å². The lowest BCUT2D eigenvalue weighted by Gasteiger charge is -2.24. The molecule has 0 saturated carbocycles. The number of aromatic nitrogens is 4. The molecule has 128 valence electrons. The molecule has 0 aromatic carbocycles. The quantitative estimate of drug-likeness (QED) is 0.767. The van der Waals surface area contributed by atoms with E-state index in [-0.39, 0.29) is 23.4 Å². The van der Waals surface area contributed by atoms with Crippen molar-refractivity contribution in [3.8, 4) is 6.01 Å². The van der Waals surface area contributed by atoms with Crippen molar-refractivity contribution in [2.75, 3.05) is 13.1 Å². The fraction of sp³-hybridized carbons (Fsp3) is 0.533. The van der Waals surface area contributed by atoms with Crippen LogP contribution in [0.5, 0.6) is 6.01 Å². The molecule has 0 bridgehead atoms. The zero-order valence-corrected chi connectivity index (χ0v) is 14.4. The molecule has 1 aliphatic heterocycles. The maximum atomic E-state index is 12.1. The molecular weight excluding hydrogens is 334 g/mol. The van der Waals surface area contributed by atoms with Crippen molar-refractivity contribution in [1.29, 1.82) is 0 Å². The van der Waals surface area contributed by atoms with Crippen LogP contribution in [0.2, 0.25) is 5.15 Å². The third-order valence-electron chi connectivity index (χ3n) is 3.38. The van der Waals surface area contributed by atoms with E-state index in [9.17, 15) is 4.79 Å². The molecular formula is C15H18ClN5O3. The first kappa shape index (κ1) is 16.6. The molecule has 2 aromatic heterocycles. The van der Waals surface area contributed by atoms with Gasteiger partial charge in [-0.25, -0.2) is 19.7 Å². The molecule has 0 radical (unpaired) electrons. The van der Waals surface area contributed by atoms with Gasteiger partial charge < -0.3 is 14.4 Å². The van der Waals surface area contributed by atoms with Crippen molar-refractivity contribution in [2.45, 2.75) is 38.9 Å². The Hall–Kier alpha value is -2.22. The lowest BCUT2D eigenvalue weighted by Crippen LogP contribution is -2.36. The van der Waals surface area contributed by atoms with Crippen LogP contribution in [-0.4, -0.2) is 55.7 Å². The Kier molecular flexibility index (Phi) is 4.40. The van der Waals surface area contributed by atoms with Crippen LogP contribution in [0.1, 0.15) is 27.2 Å². The minimum absolute atomic E-state index is 0.190. The molecule has 0 aliphatic carbocycles. The Labute approximate surface area is 144 Å². The van der Waals surface area contributed by atoms with Crippen LogP contribution >= 0.6 is 11.6 Å². The van der Waals surface area contributed by atoms with Crippen LogP contribution in [0.4, 0.5) is 4.79 Å². The third kappa shape index (κ3) is 3.81. The van der Waals surface area contributed by atoms with E-state index in [1.165, 1.54) is 12.5 Å². The molecule has 24 heavy (non-hydrogen) atoms. The van der Waals surface area contributed by atoms with Gasteiger partial charge in [0.1, 0.15) is 29.1 Å². The van der Waals surface area contributed by atoms with Gasteiger partial charge in [0.2, 0.25) is 0 Å². The molecule has 1 fully saturated rings. The minimum atomic E-state index is -0.520. The van der Waals surface area contributed by atoms with Crippen LogP contribution in [0.3, 0.4) is 0 Å². The van der Waals surface area contributed by atoms with Crippen LogP contribution in [0.25, 0.3) is 11.0 Å². The number of hydrogen-bond acceptors (Lipinski definition) is 7. The molecule has 2 aromatic rings. The number of halogens is 1. The predicted octanol–water partition coefficient (Wildman–Crippen LogP) is 2.46. The molecule has 8 nitrogen and oxygen atoms in total. The zero-order chi connectivity index (χ0) is 17.3. The van der Waals surface area contributed by atoms with Crippen molar-refractivity contribution in [3.63, 3.8) is 0 Å². The summed E-state index contributed by atoms with van der Waals surface area (Å²) in [5.74, 6) is 0. The maximum Gasteiger partial charge on any atom is 0.410 e. The lowest BCUT2D eigenvalue weighted by atomic mass is 10.2. The second-order valence-corrected chi connectivity index (χ2v) is 6.86. The highest BCUT2D eigenvalue weighted by molar-refractivity contribution is 6.33. The van der Waals surface area contributed by atoms with Crippen molar-refractivity contribution in [2.24, 2.45) is 0 Å². The topological polar surface area (TPSA) is 90.3 Å². The van der Waals surface area contributed by atoms with Crippen LogP contribution in [-0.2, 0) is 4.74 Å². The van der Waals surface area contributed by atoms with Gasteiger partial charge in [0.05, 0.1) is 12.7 Å². The van der Waals surface area contributed by atoms with Crippen molar-refractivity contribution >= 4 is 28.7 Å². The van der Waals surface area contributed by atoms with Gasteiger partial charge in [-0.1, -0.05) is 11.6 Å². The number of likely N-dealkylation sites (tertiary alicyclic amines) is 1. The summed E-state index contributed by atoms with van der Waals surface area (Å²) >= 11 is 6.01. The summed E-state index contributed by atoms with van der Waals surface area (Å²) in [4.78, 5) is 30.0. The van der Waals surface area contributed by atoms with E-state index in [2.05, 4.69) is 19.9 Å². The van der Waals surface area contributed by atoms with Crippen LogP contribution in [0.15, 0.2) is 12.5 Å². The smallest absolute Gasteiger partial charge is 0.410 e. The number of rotatable bonds is 2. The second-order valence-electron chi connectivity index (χ2n) is 6.51. The van der Waals surface area contributed by atoms with Gasteiger partial charge in [0, 0.05) is 13.0 Å². The van der Waals surface area contributed by atoms with E-state index >= 15 is 0 Å².